The SMILES string of the molecule is COc1ccc(-c2cc(C(F)F)n3ncc(C(=O)Nc4cccnc4Cl)c3n2)cc1. The Kier molecular flexibility index (Phi) is 5.28. The molecule has 1 N–H and O–H groups in total. The van der Waals surface area contributed by atoms with Crippen LogP contribution in [0.2, 0.25) is 5.15 Å². The molecule has 0 unspecified atom stereocenters. The van der Waals surface area contributed by atoms with Gasteiger partial charge >= 0.3 is 0 Å². The number of amides is 1. The first kappa shape index (κ1) is 19.7. The van der Waals surface area contributed by atoms with E-state index < -0.39 is 12.3 Å². The van der Waals surface area contributed by atoms with E-state index in [1.54, 1.807) is 36.4 Å². The second-order valence-electron chi connectivity index (χ2n) is 6.18. The third kappa shape index (κ3) is 3.67. The number of pyridine rings is 1. The van der Waals surface area contributed by atoms with Gasteiger partial charge in [-0.2, -0.15) is 5.10 Å². The number of alkyl halides is 2. The quantitative estimate of drug-likeness (QED) is 0.467. The first-order chi connectivity index (χ1) is 14.5. The van der Waals surface area contributed by atoms with Gasteiger partial charge in [-0.3, -0.25) is 4.79 Å². The summed E-state index contributed by atoms with van der Waals surface area (Å²) in [5.74, 6) is 0.0196. The van der Waals surface area contributed by atoms with Crippen LogP contribution in [0, 0.1) is 0 Å². The summed E-state index contributed by atoms with van der Waals surface area (Å²) in [5, 5.41) is 6.63. The van der Waals surface area contributed by atoms with Crippen molar-refractivity contribution in [2.45, 2.75) is 6.43 Å². The molecule has 0 atom stereocenters. The molecule has 1 aromatic carbocycles. The van der Waals surface area contributed by atoms with Crippen LogP contribution in [-0.4, -0.2) is 32.6 Å². The van der Waals surface area contributed by atoms with Gasteiger partial charge in [-0.25, -0.2) is 23.3 Å². The summed E-state index contributed by atoms with van der Waals surface area (Å²) in [7, 11) is 1.53. The number of ether oxygens (including phenoxy) is 1. The van der Waals surface area contributed by atoms with Crippen LogP contribution < -0.4 is 10.1 Å². The summed E-state index contributed by atoms with van der Waals surface area (Å²) < 4.78 is 33.4. The molecular weight excluding hydrogens is 416 g/mol. The van der Waals surface area contributed by atoms with Crippen LogP contribution in [0.3, 0.4) is 0 Å². The lowest BCUT2D eigenvalue weighted by Gasteiger charge is -2.09. The molecule has 0 bridgehead atoms. The summed E-state index contributed by atoms with van der Waals surface area (Å²) in [5.41, 5.74) is 0.772. The molecule has 10 heteroatoms. The van der Waals surface area contributed by atoms with Crippen molar-refractivity contribution in [1.29, 1.82) is 0 Å². The lowest BCUT2D eigenvalue weighted by molar-refractivity contribution is 0.102. The number of hydrogen-bond acceptors (Lipinski definition) is 5. The number of fused-ring (bicyclic) bond motifs is 1. The van der Waals surface area contributed by atoms with Gasteiger partial charge < -0.3 is 10.1 Å². The lowest BCUT2D eigenvalue weighted by Crippen LogP contribution is -2.13. The minimum absolute atomic E-state index is 0.00358. The standard InChI is InChI=1S/C20H14ClF2N5O2/c1-30-12-6-4-11(5-7-12)15-9-16(18(22)23)28-19(26-15)13(10-25-28)20(29)27-14-3-2-8-24-17(14)21/h2-10,18H,1H3,(H,27,29). The zero-order valence-electron chi connectivity index (χ0n) is 15.5. The van der Waals surface area contributed by atoms with Gasteiger partial charge in [0.25, 0.3) is 12.3 Å². The molecule has 0 aliphatic heterocycles. The molecule has 0 fully saturated rings. The van der Waals surface area contributed by atoms with Crippen molar-refractivity contribution >= 4 is 28.8 Å². The number of carbonyl (C=O) groups is 1. The summed E-state index contributed by atoms with van der Waals surface area (Å²) in [6.45, 7) is 0. The smallest absolute Gasteiger partial charge is 0.280 e. The van der Waals surface area contributed by atoms with Crippen LogP contribution in [0.15, 0.2) is 54.9 Å². The Hall–Kier alpha value is -3.59. The van der Waals surface area contributed by atoms with E-state index >= 15 is 0 Å². The molecule has 0 aliphatic carbocycles. The van der Waals surface area contributed by atoms with E-state index in [9.17, 15) is 13.6 Å². The number of rotatable bonds is 5. The molecule has 1 amide bonds. The molecule has 7 nitrogen and oxygen atoms in total. The van der Waals surface area contributed by atoms with E-state index in [-0.39, 0.29) is 33.4 Å². The topological polar surface area (TPSA) is 81.4 Å². The van der Waals surface area contributed by atoms with Gasteiger partial charge in [-0.05, 0) is 42.5 Å². The minimum atomic E-state index is -2.82. The first-order valence-electron chi connectivity index (χ1n) is 8.71. The minimum Gasteiger partial charge on any atom is -0.497 e. The van der Waals surface area contributed by atoms with Crippen molar-refractivity contribution in [3.63, 3.8) is 0 Å². The Bertz CT molecular complexity index is 1230. The average Bonchev–Trinajstić information content (AvgIpc) is 3.18. The molecule has 0 aliphatic rings. The number of methoxy groups -OCH3 is 1. The molecule has 4 rings (SSSR count). The maximum atomic E-state index is 13.7. The average molecular weight is 430 g/mol. The highest BCUT2D eigenvalue weighted by atomic mass is 35.5. The largest absolute Gasteiger partial charge is 0.497 e. The first-order valence-corrected chi connectivity index (χ1v) is 9.09. The second-order valence-corrected chi connectivity index (χ2v) is 6.54. The van der Waals surface area contributed by atoms with Gasteiger partial charge in [0.1, 0.15) is 17.0 Å². The van der Waals surface area contributed by atoms with Crippen molar-refractivity contribution in [1.82, 2.24) is 19.6 Å². The highest BCUT2D eigenvalue weighted by Gasteiger charge is 2.22. The maximum Gasteiger partial charge on any atom is 0.280 e. The number of halogens is 3. The van der Waals surface area contributed by atoms with Gasteiger partial charge in [0, 0.05) is 11.8 Å². The van der Waals surface area contributed by atoms with Crippen molar-refractivity contribution in [3.8, 4) is 17.0 Å². The Labute approximate surface area is 174 Å². The van der Waals surface area contributed by atoms with Crippen molar-refractivity contribution in [3.05, 3.63) is 71.3 Å². The molecular formula is C20H14ClF2N5O2. The Morgan fingerprint density at radius 2 is 2.00 bits per heavy atom. The number of carbonyl (C=O) groups excluding carboxylic acids is 1. The van der Waals surface area contributed by atoms with E-state index in [2.05, 4.69) is 20.4 Å². The van der Waals surface area contributed by atoms with Crippen molar-refractivity contribution in [2.24, 2.45) is 0 Å². The normalized spacial score (nSPS) is 11.1. The van der Waals surface area contributed by atoms with Crippen LogP contribution >= 0.6 is 11.6 Å². The summed E-state index contributed by atoms with van der Waals surface area (Å²) in [6.07, 6.45) is -0.160. The van der Waals surface area contributed by atoms with E-state index in [0.29, 0.717) is 11.3 Å². The Morgan fingerprint density at radius 1 is 1.23 bits per heavy atom. The van der Waals surface area contributed by atoms with Crippen LogP contribution in [0.4, 0.5) is 14.5 Å². The zero-order valence-corrected chi connectivity index (χ0v) is 16.3. The lowest BCUT2D eigenvalue weighted by atomic mass is 10.1. The predicted octanol–water partition coefficient (Wildman–Crippen LogP) is 4.64. The highest BCUT2D eigenvalue weighted by molar-refractivity contribution is 6.32. The molecule has 152 valence electrons. The van der Waals surface area contributed by atoms with Crippen molar-refractivity contribution < 1.29 is 18.3 Å². The van der Waals surface area contributed by atoms with E-state index in [1.807, 2.05) is 0 Å². The third-order valence-corrected chi connectivity index (χ3v) is 4.66. The van der Waals surface area contributed by atoms with E-state index in [0.717, 1.165) is 4.52 Å². The van der Waals surface area contributed by atoms with E-state index in [4.69, 9.17) is 16.3 Å². The monoisotopic (exact) mass is 429 g/mol. The number of aromatic nitrogens is 4. The number of nitrogens with one attached hydrogen (secondary N) is 1. The number of nitrogens with zero attached hydrogens (tertiary/aromatic N) is 4. The van der Waals surface area contributed by atoms with Gasteiger partial charge in [-0.15, -0.1) is 0 Å². The van der Waals surface area contributed by atoms with Gasteiger partial charge in [-0.1, -0.05) is 11.6 Å². The third-order valence-electron chi connectivity index (χ3n) is 4.36. The van der Waals surface area contributed by atoms with Gasteiger partial charge in [0.05, 0.1) is 24.7 Å². The Morgan fingerprint density at radius 3 is 2.67 bits per heavy atom. The van der Waals surface area contributed by atoms with Gasteiger partial charge in [0.2, 0.25) is 0 Å². The zero-order chi connectivity index (χ0) is 21.3. The maximum absolute atomic E-state index is 13.7. The second kappa shape index (κ2) is 8.03. The fraction of sp³-hybridized carbons (Fsp3) is 0.100. The molecule has 0 radical (unpaired) electrons. The molecule has 4 aromatic rings. The van der Waals surface area contributed by atoms with Crippen LogP contribution in [0.25, 0.3) is 16.9 Å². The van der Waals surface area contributed by atoms with Gasteiger partial charge in [0.15, 0.2) is 10.8 Å². The van der Waals surface area contributed by atoms with Crippen LogP contribution in [0.1, 0.15) is 22.5 Å². The van der Waals surface area contributed by atoms with E-state index in [1.165, 1.54) is 25.6 Å². The van der Waals surface area contributed by atoms with Crippen LogP contribution in [0.5, 0.6) is 5.75 Å². The molecule has 3 aromatic heterocycles. The number of anilines is 1. The summed E-state index contributed by atoms with van der Waals surface area (Å²) in [4.78, 5) is 21.1. The fourth-order valence-electron chi connectivity index (χ4n) is 2.88. The molecule has 0 spiro atoms. The number of benzene rings is 1. The fourth-order valence-corrected chi connectivity index (χ4v) is 3.05. The summed E-state index contributed by atoms with van der Waals surface area (Å²) in [6, 6.07) is 11.2. The highest BCUT2D eigenvalue weighted by Crippen LogP contribution is 2.28. The molecule has 30 heavy (non-hydrogen) atoms. The number of hydrogen-bond donors (Lipinski definition) is 1. The Balaban J connectivity index is 1.80. The van der Waals surface area contributed by atoms with Crippen molar-refractivity contribution in [2.75, 3.05) is 12.4 Å². The molecule has 0 saturated carbocycles. The summed E-state index contributed by atoms with van der Waals surface area (Å²) >= 11 is 5.97. The predicted molar refractivity (Wildman–Crippen MR) is 107 cm³/mol. The molecule has 3 heterocycles. The van der Waals surface area contributed by atoms with Crippen LogP contribution in [-0.2, 0) is 0 Å². The molecule has 0 saturated heterocycles.